The molecule has 1 atom stereocenters. The third-order valence-corrected chi connectivity index (χ3v) is 7.30. The maximum Gasteiger partial charge on any atom is 0.264 e. The first kappa shape index (κ1) is 25.1. The minimum atomic E-state index is -3.68. The van der Waals surface area contributed by atoms with Crippen LogP contribution in [-0.2, 0) is 14.8 Å². The molecule has 0 aliphatic heterocycles. The van der Waals surface area contributed by atoms with Crippen molar-refractivity contribution < 1.29 is 22.7 Å². The fourth-order valence-electron chi connectivity index (χ4n) is 3.45. The summed E-state index contributed by atoms with van der Waals surface area (Å²) in [5.41, 5.74) is 2.46. The second-order valence-corrected chi connectivity index (χ2v) is 9.69. The predicted octanol–water partition coefficient (Wildman–Crippen LogP) is 4.48. The normalized spacial score (nSPS) is 12.0. The Morgan fingerprint density at radius 1 is 0.941 bits per heavy atom. The van der Waals surface area contributed by atoms with Crippen molar-refractivity contribution in [1.29, 1.82) is 0 Å². The number of nitrogens with one attached hydrogen (secondary N) is 1. The molecule has 3 aromatic rings. The molecular weight excluding hydrogens is 452 g/mol. The van der Waals surface area contributed by atoms with Gasteiger partial charge in [0.1, 0.15) is 11.5 Å². The third kappa shape index (κ3) is 6.08. The van der Waals surface area contributed by atoms with Crippen LogP contribution in [0.1, 0.15) is 31.0 Å². The largest absolute Gasteiger partial charge is 0.497 e. The van der Waals surface area contributed by atoms with Crippen LogP contribution >= 0.6 is 0 Å². The lowest BCUT2D eigenvalue weighted by Gasteiger charge is -2.23. The molecule has 1 amide bonds. The van der Waals surface area contributed by atoms with E-state index in [1.807, 2.05) is 38.1 Å². The molecule has 0 fully saturated rings. The highest BCUT2D eigenvalue weighted by Gasteiger charge is 2.23. The van der Waals surface area contributed by atoms with Crippen molar-refractivity contribution >= 4 is 21.6 Å². The summed E-state index contributed by atoms with van der Waals surface area (Å²) in [5, 5.41) is 2.89. The van der Waals surface area contributed by atoms with Crippen molar-refractivity contribution in [1.82, 2.24) is 5.32 Å². The Bertz CT molecular complexity index is 1190. The van der Waals surface area contributed by atoms with Crippen molar-refractivity contribution in [3.8, 4) is 11.5 Å². The molecule has 0 aliphatic carbocycles. The van der Waals surface area contributed by atoms with Crippen molar-refractivity contribution in [2.24, 2.45) is 0 Å². The van der Waals surface area contributed by atoms with Gasteiger partial charge in [0.2, 0.25) is 0 Å². The van der Waals surface area contributed by atoms with E-state index in [0.717, 1.165) is 16.9 Å². The van der Waals surface area contributed by atoms with Crippen LogP contribution in [0, 0.1) is 6.92 Å². The van der Waals surface area contributed by atoms with E-state index in [4.69, 9.17) is 9.47 Å². The highest BCUT2D eigenvalue weighted by atomic mass is 32.2. The molecule has 0 unspecified atom stereocenters. The molecule has 0 spiro atoms. The highest BCUT2D eigenvalue weighted by molar-refractivity contribution is 7.92. The molecule has 3 rings (SSSR count). The van der Waals surface area contributed by atoms with Crippen molar-refractivity contribution in [2.75, 3.05) is 24.6 Å². The molecule has 1 N–H and O–H groups in total. The van der Waals surface area contributed by atoms with Gasteiger partial charge in [-0.2, -0.15) is 0 Å². The minimum Gasteiger partial charge on any atom is -0.497 e. The number of hydrogen-bond donors (Lipinski definition) is 1. The van der Waals surface area contributed by atoms with Gasteiger partial charge < -0.3 is 14.8 Å². The first-order valence-electron chi connectivity index (χ1n) is 11.0. The van der Waals surface area contributed by atoms with Crippen LogP contribution in [0.3, 0.4) is 0 Å². The standard InChI is InChI=1S/C26H30N2O5S/c1-5-28(34(30,31)25-16-6-19(2)7-17-25)22-10-14-24(15-11-22)33-18-26(29)27-20(3)21-8-12-23(32-4)13-9-21/h6-17,20H,5,18H2,1-4H3,(H,27,29)/t20-/m0/s1. The van der Waals surface area contributed by atoms with Crippen LogP contribution in [0.25, 0.3) is 0 Å². The average Bonchev–Trinajstić information content (AvgIpc) is 2.84. The highest BCUT2D eigenvalue weighted by Crippen LogP contribution is 2.26. The predicted molar refractivity (Wildman–Crippen MR) is 133 cm³/mol. The zero-order valence-electron chi connectivity index (χ0n) is 19.8. The van der Waals surface area contributed by atoms with E-state index in [0.29, 0.717) is 11.4 Å². The summed E-state index contributed by atoms with van der Waals surface area (Å²) < 4.78 is 38.2. The molecule has 0 saturated heterocycles. The number of anilines is 1. The van der Waals surface area contributed by atoms with E-state index < -0.39 is 10.0 Å². The molecule has 0 aliphatic rings. The van der Waals surface area contributed by atoms with E-state index in [-0.39, 0.29) is 30.0 Å². The number of amides is 1. The zero-order valence-corrected chi connectivity index (χ0v) is 20.6. The summed E-state index contributed by atoms with van der Waals surface area (Å²) >= 11 is 0. The molecule has 7 nitrogen and oxygen atoms in total. The second-order valence-electron chi connectivity index (χ2n) is 7.83. The Morgan fingerprint density at radius 2 is 1.53 bits per heavy atom. The van der Waals surface area contributed by atoms with Gasteiger partial charge in [-0.25, -0.2) is 8.42 Å². The van der Waals surface area contributed by atoms with Crippen LogP contribution in [0.5, 0.6) is 11.5 Å². The monoisotopic (exact) mass is 482 g/mol. The van der Waals surface area contributed by atoms with E-state index in [2.05, 4.69) is 5.32 Å². The molecular formula is C26H30N2O5S. The van der Waals surface area contributed by atoms with Gasteiger partial charge in [0.15, 0.2) is 6.61 Å². The Hall–Kier alpha value is -3.52. The van der Waals surface area contributed by atoms with Gasteiger partial charge in [0, 0.05) is 6.54 Å². The lowest BCUT2D eigenvalue weighted by atomic mass is 10.1. The summed E-state index contributed by atoms with van der Waals surface area (Å²) in [5.74, 6) is 0.965. The third-order valence-electron chi connectivity index (χ3n) is 5.38. The molecule has 34 heavy (non-hydrogen) atoms. The smallest absolute Gasteiger partial charge is 0.264 e. The topological polar surface area (TPSA) is 84.9 Å². The van der Waals surface area contributed by atoms with Gasteiger partial charge in [0.25, 0.3) is 15.9 Å². The lowest BCUT2D eigenvalue weighted by Crippen LogP contribution is -2.31. The number of benzene rings is 3. The van der Waals surface area contributed by atoms with E-state index in [1.165, 1.54) is 4.31 Å². The van der Waals surface area contributed by atoms with Crippen molar-refractivity contribution in [3.63, 3.8) is 0 Å². The van der Waals surface area contributed by atoms with Crippen molar-refractivity contribution in [2.45, 2.75) is 31.7 Å². The van der Waals surface area contributed by atoms with Gasteiger partial charge >= 0.3 is 0 Å². The summed E-state index contributed by atoms with van der Waals surface area (Å²) in [6.45, 7) is 5.71. The molecule has 8 heteroatoms. The molecule has 0 radical (unpaired) electrons. The van der Waals surface area contributed by atoms with Gasteiger partial charge in [-0.05, 0) is 74.9 Å². The molecule has 0 aromatic heterocycles. The van der Waals surface area contributed by atoms with Crippen LogP contribution in [0.15, 0.2) is 77.7 Å². The SMILES string of the molecule is CCN(c1ccc(OCC(=O)N[C@@H](C)c2ccc(OC)cc2)cc1)S(=O)(=O)c1ccc(C)cc1. The van der Waals surface area contributed by atoms with Gasteiger partial charge in [-0.3, -0.25) is 9.10 Å². The number of carbonyl (C=O) groups is 1. The average molecular weight is 483 g/mol. The maximum absolute atomic E-state index is 13.1. The Balaban J connectivity index is 1.60. The molecule has 0 saturated carbocycles. The van der Waals surface area contributed by atoms with E-state index >= 15 is 0 Å². The molecule has 3 aromatic carbocycles. The Kier molecular flexibility index (Phi) is 8.17. The molecule has 0 bridgehead atoms. The molecule has 0 heterocycles. The van der Waals surface area contributed by atoms with Gasteiger partial charge in [-0.15, -0.1) is 0 Å². The summed E-state index contributed by atoms with van der Waals surface area (Å²) in [4.78, 5) is 12.5. The first-order chi connectivity index (χ1) is 16.2. The number of methoxy groups -OCH3 is 1. The quantitative estimate of drug-likeness (QED) is 0.461. The number of nitrogens with zero attached hydrogens (tertiary/aromatic N) is 1. The summed E-state index contributed by atoms with van der Waals surface area (Å²) in [7, 11) is -2.08. The number of hydrogen-bond acceptors (Lipinski definition) is 5. The number of sulfonamides is 1. The Labute approximate surface area is 201 Å². The molecule has 180 valence electrons. The second kappa shape index (κ2) is 11.1. The fourth-order valence-corrected chi connectivity index (χ4v) is 4.92. The summed E-state index contributed by atoms with van der Waals surface area (Å²) in [6, 6.07) is 20.7. The fraction of sp³-hybridized carbons (Fsp3) is 0.269. The number of aryl methyl sites for hydroxylation is 1. The van der Waals surface area contributed by atoms with E-state index in [1.54, 1.807) is 62.6 Å². The van der Waals surface area contributed by atoms with Crippen LogP contribution in [-0.4, -0.2) is 34.6 Å². The minimum absolute atomic E-state index is 0.154. The van der Waals surface area contributed by atoms with Crippen LogP contribution < -0.4 is 19.1 Å². The first-order valence-corrected chi connectivity index (χ1v) is 12.4. The number of ether oxygens (including phenoxy) is 2. The number of rotatable bonds is 10. The Morgan fingerprint density at radius 3 is 2.09 bits per heavy atom. The van der Waals surface area contributed by atoms with Gasteiger partial charge in [-0.1, -0.05) is 29.8 Å². The van der Waals surface area contributed by atoms with Gasteiger partial charge in [0.05, 0.1) is 23.7 Å². The van der Waals surface area contributed by atoms with Crippen molar-refractivity contribution in [3.05, 3.63) is 83.9 Å². The lowest BCUT2D eigenvalue weighted by molar-refractivity contribution is -0.123. The summed E-state index contributed by atoms with van der Waals surface area (Å²) in [6.07, 6.45) is 0. The zero-order chi connectivity index (χ0) is 24.7. The van der Waals surface area contributed by atoms with Crippen LogP contribution in [0.4, 0.5) is 5.69 Å². The van der Waals surface area contributed by atoms with Crippen LogP contribution in [0.2, 0.25) is 0 Å². The maximum atomic E-state index is 13.1. The van der Waals surface area contributed by atoms with E-state index in [9.17, 15) is 13.2 Å². The number of carbonyl (C=O) groups excluding carboxylic acids is 1.